The highest BCUT2D eigenvalue weighted by Gasteiger charge is 2.25. The maximum absolute atomic E-state index is 11.8. The van der Waals surface area contributed by atoms with Crippen LogP contribution in [0.5, 0.6) is 0 Å². The average molecular weight is 362 g/mol. The number of nitrogens with one attached hydrogen (secondary N) is 1. The van der Waals surface area contributed by atoms with Gasteiger partial charge in [-0.05, 0) is 28.7 Å². The fourth-order valence-corrected chi connectivity index (χ4v) is 3.33. The predicted molar refractivity (Wildman–Crippen MR) is 98.7 cm³/mol. The highest BCUT2D eigenvalue weighted by Crippen LogP contribution is 2.32. The van der Waals surface area contributed by atoms with Crippen LogP contribution in [0.1, 0.15) is 31.9 Å². The van der Waals surface area contributed by atoms with Crippen molar-refractivity contribution in [1.29, 1.82) is 0 Å². The number of nitro benzene ring substituents is 1. The van der Waals surface area contributed by atoms with E-state index in [9.17, 15) is 18.5 Å². The number of anilines is 1. The Morgan fingerprint density at radius 3 is 2.16 bits per heavy atom. The van der Waals surface area contributed by atoms with Crippen molar-refractivity contribution in [2.24, 2.45) is 0 Å². The van der Waals surface area contributed by atoms with E-state index in [0.29, 0.717) is 6.54 Å². The summed E-state index contributed by atoms with van der Waals surface area (Å²) < 4.78 is 23.6. The topological polar surface area (TPSA) is 89.3 Å². The summed E-state index contributed by atoms with van der Waals surface area (Å²) in [4.78, 5) is 10.4. The number of sulfone groups is 1. The van der Waals surface area contributed by atoms with Gasteiger partial charge in [0.2, 0.25) is 0 Å². The van der Waals surface area contributed by atoms with Crippen LogP contribution in [0, 0.1) is 10.1 Å². The molecule has 1 N–H and O–H groups in total. The third-order valence-electron chi connectivity index (χ3n) is 3.88. The second-order valence-corrected chi connectivity index (χ2v) is 8.97. The van der Waals surface area contributed by atoms with Gasteiger partial charge in [0.1, 0.15) is 10.6 Å². The molecule has 0 aliphatic carbocycles. The number of hydrogen-bond acceptors (Lipinski definition) is 5. The number of rotatable bonds is 5. The molecule has 2 aromatic carbocycles. The summed E-state index contributed by atoms with van der Waals surface area (Å²) in [5.41, 5.74) is 1.96. The summed E-state index contributed by atoms with van der Waals surface area (Å²) in [6.45, 7) is 6.74. The van der Waals surface area contributed by atoms with Crippen LogP contribution in [0.15, 0.2) is 47.4 Å². The Hall–Kier alpha value is -2.41. The molecule has 6 nitrogen and oxygen atoms in total. The normalized spacial score (nSPS) is 12.0. The lowest BCUT2D eigenvalue weighted by Gasteiger charge is -2.19. The zero-order valence-electron chi connectivity index (χ0n) is 14.7. The van der Waals surface area contributed by atoms with Gasteiger partial charge in [0.05, 0.1) is 4.92 Å². The van der Waals surface area contributed by atoms with Crippen LogP contribution in [-0.4, -0.2) is 19.6 Å². The van der Waals surface area contributed by atoms with Gasteiger partial charge in [-0.1, -0.05) is 51.1 Å². The van der Waals surface area contributed by atoms with E-state index in [1.165, 1.54) is 23.8 Å². The van der Waals surface area contributed by atoms with Crippen LogP contribution >= 0.6 is 0 Å². The van der Waals surface area contributed by atoms with Crippen molar-refractivity contribution in [1.82, 2.24) is 0 Å². The molecule has 0 radical (unpaired) electrons. The first-order valence-electron chi connectivity index (χ1n) is 7.81. The van der Waals surface area contributed by atoms with Gasteiger partial charge < -0.3 is 5.32 Å². The van der Waals surface area contributed by atoms with Gasteiger partial charge in [-0.3, -0.25) is 10.1 Å². The average Bonchev–Trinajstić information content (AvgIpc) is 2.51. The Bertz CT molecular complexity index is 882. The molecule has 0 unspecified atom stereocenters. The molecule has 0 spiro atoms. The van der Waals surface area contributed by atoms with Crippen LogP contribution < -0.4 is 5.32 Å². The van der Waals surface area contributed by atoms with Gasteiger partial charge in [-0.25, -0.2) is 8.42 Å². The molecular weight excluding hydrogens is 340 g/mol. The molecule has 0 heterocycles. The van der Waals surface area contributed by atoms with Crippen molar-refractivity contribution >= 4 is 21.2 Å². The molecule has 2 aromatic rings. The van der Waals surface area contributed by atoms with Crippen LogP contribution in [0.4, 0.5) is 11.4 Å². The molecule has 0 fully saturated rings. The van der Waals surface area contributed by atoms with Gasteiger partial charge in [0.25, 0.3) is 0 Å². The van der Waals surface area contributed by atoms with Gasteiger partial charge in [0, 0.05) is 12.8 Å². The van der Waals surface area contributed by atoms with E-state index >= 15 is 0 Å². The van der Waals surface area contributed by atoms with Crippen LogP contribution in [0.25, 0.3) is 0 Å². The summed E-state index contributed by atoms with van der Waals surface area (Å²) in [6, 6.07) is 12.2. The van der Waals surface area contributed by atoms with Crippen molar-refractivity contribution in [3.8, 4) is 0 Å². The Morgan fingerprint density at radius 2 is 1.68 bits per heavy atom. The summed E-state index contributed by atoms with van der Waals surface area (Å²) in [6.07, 6.45) is 0.963. The fraction of sp³-hybridized carbons (Fsp3) is 0.333. The molecule has 7 heteroatoms. The van der Waals surface area contributed by atoms with Crippen LogP contribution in [0.2, 0.25) is 0 Å². The molecule has 0 bridgehead atoms. The molecule has 0 atom stereocenters. The molecule has 0 saturated carbocycles. The zero-order valence-corrected chi connectivity index (χ0v) is 15.6. The van der Waals surface area contributed by atoms with Gasteiger partial charge in [-0.15, -0.1) is 0 Å². The Morgan fingerprint density at radius 1 is 1.08 bits per heavy atom. The first kappa shape index (κ1) is 18.9. The lowest BCUT2D eigenvalue weighted by molar-refractivity contribution is -0.386. The first-order chi connectivity index (χ1) is 11.5. The summed E-state index contributed by atoms with van der Waals surface area (Å²) in [5, 5.41) is 14.3. The molecule has 0 aromatic heterocycles. The molecule has 25 heavy (non-hydrogen) atoms. The maximum Gasteiger partial charge on any atom is 0.310 e. The third kappa shape index (κ3) is 4.57. The second-order valence-electron chi connectivity index (χ2n) is 6.98. The minimum absolute atomic E-state index is 0.0502. The lowest BCUT2D eigenvalue weighted by atomic mass is 9.87. The van der Waals surface area contributed by atoms with E-state index < -0.39 is 20.4 Å². The van der Waals surface area contributed by atoms with Gasteiger partial charge >= 0.3 is 5.69 Å². The lowest BCUT2D eigenvalue weighted by Crippen LogP contribution is -2.11. The highest BCUT2D eigenvalue weighted by atomic mass is 32.2. The number of para-hydroxylation sites is 1. The SMILES string of the molecule is CC(C)(C)c1ccc(CNc2cccc(S(C)(=O)=O)c2[N+](=O)[O-])cc1. The smallest absolute Gasteiger partial charge is 0.310 e. The highest BCUT2D eigenvalue weighted by molar-refractivity contribution is 7.90. The standard InChI is InChI=1S/C18H22N2O4S/c1-18(2,3)14-10-8-13(9-11-14)12-19-15-6-5-7-16(25(4,23)24)17(15)20(21)22/h5-11,19H,12H2,1-4H3. The maximum atomic E-state index is 11.8. The number of nitrogens with zero attached hydrogens (tertiary/aromatic N) is 1. The summed E-state index contributed by atoms with van der Waals surface area (Å²) in [5.74, 6) is 0. The number of nitro groups is 1. The Kier molecular flexibility index (Phi) is 5.17. The Labute approximate surface area is 148 Å². The summed E-state index contributed by atoms with van der Waals surface area (Å²) in [7, 11) is -3.69. The van der Waals surface area contributed by atoms with E-state index in [0.717, 1.165) is 11.8 Å². The molecule has 0 amide bonds. The van der Waals surface area contributed by atoms with E-state index in [4.69, 9.17) is 0 Å². The van der Waals surface area contributed by atoms with Crippen molar-refractivity contribution in [3.05, 3.63) is 63.7 Å². The van der Waals surface area contributed by atoms with Gasteiger partial charge in [-0.2, -0.15) is 0 Å². The first-order valence-corrected chi connectivity index (χ1v) is 9.70. The van der Waals surface area contributed by atoms with E-state index in [2.05, 4.69) is 26.1 Å². The fourth-order valence-electron chi connectivity index (χ4n) is 2.47. The van der Waals surface area contributed by atoms with Crippen molar-refractivity contribution < 1.29 is 13.3 Å². The molecule has 0 saturated heterocycles. The quantitative estimate of drug-likeness (QED) is 0.643. The predicted octanol–water partition coefficient (Wildman–Crippen LogP) is 3.91. The van der Waals surface area contributed by atoms with Crippen molar-refractivity contribution in [3.63, 3.8) is 0 Å². The molecule has 0 aliphatic rings. The monoisotopic (exact) mass is 362 g/mol. The number of hydrogen-bond donors (Lipinski definition) is 1. The minimum atomic E-state index is -3.69. The van der Waals surface area contributed by atoms with Crippen molar-refractivity contribution in [2.75, 3.05) is 11.6 Å². The summed E-state index contributed by atoms with van der Waals surface area (Å²) >= 11 is 0. The zero-order chi connectivity index (χ0) is 18.8. The molecular formula is C18H22N2O4S. The van der Waals surface area contributed by atoms with E-state index in [-0.39, 0.29) is 16.0 Å². The van der Waals surface area contributed by atoms with E-state index in [1.54, 1.807) is 0 Å². The van der Waals surface area contributed by atoms with Crippen LogP contribution in [-0.2, 0) is 21.8 Å². The number of benzene rings is 2. The molecule has 134 valence electrons. The van der Waals surface area contributed by atoms with E-state index in [1.807, 2.05) is 24.3 Å². The second kappa shape index (κ2) is 6.84. The minimum Gasteiger partial charge on any atom is -0.375 e. The molecule has 2 rings (SSSR count). The van der Waals surface area contributed by atoms with Gasteiger partial charge in [0.15, 0.2) is 9.84 Å². The third-order valence-corrected chi connectivity index (χ3v) is 5.01. The van der Waals surface area contributed by atoms with Crippen molar-refractivity contribution in [2.45, 2.75) is 37.6 Å². The molecule has 0 aliphatic heterocycles. The van der Waals surface area contributed by atoms with Crippen LogP contribution in [0.3, 0.4) is 0 Å². The largest absolute Gasteiger partial charge is 0.375 e. The Balaban J connectivity index is 2.28.